The van der Waals surface area contributed by atoms with E-state index in [9.17, 15) is 0 Å². The number of nitrogens with one attached hydrogen (secondary N) is 1. The normalized spacial score (nSPS) is 17.1. The number of hydrogen-bond donors (Lipinski definition) is 1. The summed E-state index contributed by atoms with van der Waals surface area (Å²) in [6.45, 7) is 2.89. The first-order valence-electron chi connectivity index (χ1n) is 9.79. The van der Waals surface area contributed by atoms with Gasteiger partial charge in [0.1, 0.15) is 0 Å². The first kappa shape index (κ1) is 20.0. The fraction of sp³-hybridized carbons (Fsp3) is 0.524. The second-order valence-corrected chi connectivity index (χ2v) is 7.15. The van der Waals surface area contributed by atoms with E-state index in [0.717, 1.165) is 56.4 Å². The highest BCUT2D eigenvalue weighted by Gasteiger charge is 2.26. The molecule has 1 saturated heterocycles. The third kappa shape index (κ3) is 4.77. The molecule has 0 aliphatic carbocycles. The van der Waals surface area contributed by atoms with Crippen LogP contribution in [0.15, 0.2) is 35.6 Å². The number of guanidine groups is 1. The Bertz CT molecular complexity index is 802. The zero-order chi connectivity index (χ0) is 19.9. The van der Waals surface area contributed by atoms with E-state index in [-0.39, 0.29) is 0 Å². The van der Waals surface area contributed by atoms with Gasteiger partial charge in [0.2, 0.25) is 0 Å². The van der Waals surface area contributed by atoms with E-state index in [2.05, 4.69) is 32.6 Å². The Labute approximate surface area is 167 Å². The summed E-state index contributed by atoms with van der Waals surface area (Å²) < 4.78 is 12.6. The van der Waals surface area contributed by atoms with Crippen molar-refractivity contribution in [2.45, 2.75) is 25.2 Å². The molecule has 1 fully saturated rings. The van der Waals surface area contributed by atoms with E-state index in [0.29, 0.717) is 5.92 Å². The molecule has 0 radical (unpaired) electrons. The van der Waals surface area contributed by atoms with Gasteiger partial charge in [0.05, 0.1) is 20.4 Å². The average molecular weight is 386 g/mol. The molecule has 2 heterocycles. The Morgan fingerprint density at radius 3 is 2.79 bits per heavy atom. The number of likely N-dealkylation sites (tertiary alicyclic amines) is 1. The van der Waals surface area contributed by atoms with Crippen molar-refractivity contribution in [3.63, 3.8) is 0 Å². The molecule has 1 atom stereocenters. The Morgan fingerprint density at radius 1 is 1.29 bits per heavy atom. The maximum atomic E-state index is 5.38. The predicted octanol–water partition coefficient (Wildman–Crippen LogP) is 2.43. The standard InChI is InChI=1S/C21H31N5O2/c1-22-21(26-11-9-17(15-26)18-13-24-25(2)14-18)23-10-5-6-16-7-8-19(27-3)20(12-16)28-4/h7-8,12-14,17H,5-6,9-11,15H2,1-4H3,(H,22,23). The molecule has 0 amide bonds. The Morgan fingerprint density at radius 2 is 2.11 bits per heavy atom. The number of aryl methyl sites for hydroxylation is 2. The van der Waals surface area contributed by atoms with Crippen molar-refractivity contribution in [1.29, 1.82) is 0 Å². The van der Waals surface area contributed by atoms with E-state index in [1.54, 1.807) is 14.2 Å². The second kappa shape index (κ2) is 9.48. The second-order valence-electron chi connectivity index (χ2n) is 7.15. The number of nitrogens with zero attached hydrogens (tertiary/aromatic N) is 4. The van der Waals surface area contributed by atoms with Gasteiger partial charge in [-0.1, -0.05) is 6.07 Å². The Hall–Kier alpha value is -2.70. The number of rotatable bonds is 7. The molecular formula is C21H31N5O2. The molecule has 1 aliphatic heterocycles. The van der Waals surface area contributed by atoms with Gasteiger partial charge in [0.15, 0.2) is 17.5 Å². The summed E-state index contributed by atoms with van der Waals surface area (Å²) in [6, 6.07) is 6.10. The van der Waals surface area contributed by atoms with Crippen LogP contribution in [0.1, 0.15) is 29.9 Å². The summed E-state index contributed by atoms with van der Waals surface area (Å²) in [5.74, 6) is 3.06. The van der Waals surface area contributed by atoms with Crippen LogP contribution in [0, 0.1) is 0 Å². The molecule has 1 unspecified atom stereocenters. The van der Waals surface area contributed by atoms with Crippen LogP contribution in [-0.2, 0) is 13.5 Å². The molecule has 0 spiro atoms. The monoisotopic (exact) mass is 385 g/mol. The molecule has 1 N–H and O–H groups in total. The molecule has 152 valence electrons. The van der Waals surface area contributed by atoms with E-state index in [1.165, 1.54) is 11.1 Å². The summed E-state index contributed by atoms with van der Waals surface area (Å²) >= 11 is 0. The van der Waals surface area contributed by atoms with Crippen molar-refractivity contribution in [1.82, 2.24) is 20.0 Å². The molecule has 7 nitrogen and oxygen atoms in total. The van der Waals surface area contributed by atoms with Gasteiger partial charge in [-0.15, -0.1) is 0 Å². The van der Waals surface area contributed by atoms with E-state index < -0.39 is 0 Å². The Kier molecular flexibility index (Phi) is 6.79. The van der Waals surface area contributed by atoms with Crippen molar-refractivity contribution in [3.8, 4) is 11.5 Å². The summed E-state index contributed by atoms with van der Waals surface area (Å²) in [4.78, 5) is 6.81. The fourth-order valence-corrected chi connectivity index (χ4v) is 3.74. The molecule has 0 saturated carbocycles. The smallest absolute Gasteiger partial charge is 0.193 e. The maximum absolute atomic E-state index is 5.38. The summed E-state index contributed by atoms with van der Waals surface area (Å²) in [6.07, 6.45) is 7.23. The number of methoxy groups -OCH3 is 2. The minimum Gasteiger partial charge on any atom is -0.493 e. The lowest BCUT2D eigenvalue weighted by molar-refractivity contribution is 0.354. The first-order valence-corrected chi connectivity index (χ1v) is 9.79. The van der Waals surface area contributed by atoms with E-state index in [1.807, 2.05) is 37.1 Å². The molecule has 1 aliphatic rings. The number of benzene rings is 1. The van der Waals surface area contributed by atoms with Crippen molar-refractivity contribution in [2.24, 2.45) is 12.0 Å². The first-order chi connectivity index (χ1) is 13.6. The molecule has 2 aromatic rings. The fourth-order valence-electron chi connectivity index (χ4n) is 3.74. The van der Waals surface area contributed by atoms with Crippen LogP contribution in [0.5, 0.6) is 11.5 Å². The number of aliphatic imine (C=N–C) groups is 1. The quantitative estimate of drug-likeness (QED) is 0.451. The largest absolute Gasteiger partial charge is 0.493 e. The topological polar surface area (TPSA) is 63.9 Å². The Balaban J connectivity index is 1.46. The van der Waals surface area contributed by atoms with Gasteiger partial charge < -0.3 is 19.7 Å². The molecule has 3 rings (SSSR count). The zero-order valence-electron chi connectivity index (χ0n) is 17.3. The van der Waals surface area contributed by atoms with Crippen LogP contribution in [-0.4, -0.2) is 61.5 Å². The third-order valence-electron chi connectivity index (χ3n) is 5.27. The van der Waals surface area contributed by atoms with Crippen LogP contribution in [0.4, 0.5) is 0 Å². The SMILES string of the molecule is CN=C(NCCCc1ccc(OC)c(OC)c1)N1CCC(c2cnn(C)c2)C1. The van der Waals surface area contributed by atoms with Gasteiger partial charge in [-0.3, -0.25) is 9.67 Å². The number of aromatic nitrogens is 2. The van der Waals surface area contributed by atoms with Crippen molar-refractivity contribution >= 4 is 5.96 Å². The lowest BCUT2D eigenvalue weighted by Crippen LogP contribution is -2.40. The van der Waals surface area contributed by atoms with Crippen LogP contribution in [0.3, 0.4) is 0 Å². The molecule has 1 aromatic heterocycles. The van der Waals surface area contributed by atoms with Gasteiger partial charge in [-0.25, -0.2) is 0 Å². The molecule has 7 heteroatoms. The third-order valence-corrected chi connectivity index (χ3v) is 5.27. The van der Waals surface area contributed by atoms with Crippen LogP contribution < -0.4 is 14.8 Å². The molecule has 0 bridgehead atoms. The van der Waals surface area contributed by atoms with Gasteiger partial charge in [-0.2, -0.15) is 5.10 Å². The van der Waals surface area contributed by atoms with Gasteiger partial charge >= 0.3 is 0 Å². The zero-order valence-corrected chi connectivity index (χ0v) is 17.3. The summed E-state index contributed by atoms with van der Waals surface area (Å²) in [5, 5.41) is 7.81. The van der Waals surface area contributed by atoms with Gasteiger partial charge in [0, 0.05) is 45.8 Å². The van der Waals surface area contributed by atoms with Crippen molar-refractivity contribution in [3.05, 3.63) is 41.7 Å². The van der Waals surface area contributed by atoms with Crippen LogP contribution in [0.25, 0.3) is 0 Å². The number of ether oxygens (including phenoxy) is 2. The highest BCUT2D eigenvalue weighted by Crippen LogP contribution is 2.28. The van der Waals surface area contributed by atoms with Crippen LogP contribution >= 0.6 is 0 Å². The van der Waals surface area contributed by atoms with Crippen molar-refractivity contribution in [2.75, 3.05) is 40.9 Å². The lowest BCUT2D eigenvalue weighted by Gasteiger charge is -2.21. The average Bonchev–Trinajstić information content (AvgIpc) is 3.37. The van der Waals surface area contributed by atoms with Gasteiger partial charge in [-0.05, 0) is 42.5 Å². The predicted molar refractivity (Wildman–Crippen MR) is 111 cm³/mol. The summed E-state index contributed by atoms with van der Waals surface area (Å²) in [7, 11) is 7.15. The minimum absolute atomic E-state index is 0.527. The summed E-state index contributed by atoms with van der Waals surface area (Å²) in [5.41, 5.74) is 2.56. The minimum atomic E-state index is 0.527. The van der Waals surface area contributed by atoms with Crippen molar-refractivity contribution < 1.29 is 9.47 Å². The highest BCUT2D eigenvalue weighted by molar-refractivity contribution is 5.80. The molecule has 28 heavy (non-hydrogen) atoms. The lowest BCUT2D eigenvalue weighted by atomic mass is 10.0. The molecular weight excluding hydrogens is 354 g/mol. The van der Waals surface area contributed by atoms with Crippen LogP contribution in [0.2, 0.25) is 0 Å². The highest BCUT2D eigenvalue weighted by atomic mass is 16.5. The maximum Gasteiger partial charge on any atom is 0.193 e. The number of hydrogen-bond acceptors (Lipinski definition) is 4. The van der Waals surface area contributed by atoms with E-state index in [4.69, 9.17) is 9.47 Å². The van der Waals surface area contributed by atoms with E-state index >= 15 is 0 Å². The molecule has 1 aromatic carbocycles. The van der Waals surface area contributed by atoms with Gasteiger partial charge in [0.25, 0.3) is 0 Å².